The molecule has 25 heavy (non-hydrogen) atoms. The SMILES string of the molecule is N#Cc1ccc(Cl)cc1NC(=O)C[NH+]1CCN(c2ccccc2)CC1. The second-order valence-corrected chi connectivity index (χ2v) is 6.54. The number of nitriles is 1. The fraction of sp³-hybridized carbons (Fsp3) is 0.263. The van der Waals surface area contributed by atoms with E-state index in [1.807, 2.05) is 18.2 Å². The van der Waals surface area contributed by atoms with Crippen molar-refractivity contribution in [2.24, 2.45) is 0 Å². The largest absolute Gasteiger partial charge is 0.360 e. The highest BCUT2D eigenvalue weighted by Crippen LogP contribution is 2.20. The van der Waals surface area contributed by atoms with Gasteiger partial charge >= 0.3 is 0 Å². The van der Waals surface area contributed by atoms with Gasteiger partial charge in [-0.25, -0.2) is 0 Å². The smallest absolute Gasteiger partial charge is 0.279 e. The third-order valence-electron chi connectivity index (χ3n) is 4.38. The van der Waals surface area contributed by atoms with Crippen LogP contribution in [0.25, 0.3) is 0 Å². The van der Waals surface area contributed by atoms with E-state index in [1.165, 1.54) is 10.6 Å². The lowest BCUT2D eigenvalue weighted by molar-refractivity contribution is -0.892. The predicted molar refractivity (Wildman–Crippen MR) is 99.0 cm³/mol. The third kappa shape index (κ3) is 4.50. The van der Waals surface area contributed by atoms with Gasteiger partial charge in [0, 0.05) is 10.7 Å². The molecule has 1 aliphatic rings. The first-order valence-corrected chi connectivity index (χ1v) is 8.66. The highest BCUT2D eigenvalue weighted by atomic mass is 35.5. The zero-order chi connectivity index (χ0) is 17.6. The Hall–Kier alpha value is -2.55. The molecule has 1 heterocycles. The number of carbonyl (C=O) groups excluding carboxylic acids is 1. The number of para-hydroxylation sites is 1. The number of piperazine rings is 1. The van der Waals surface area contributed by atoms with Crippen LogP contribution in [0, 0.1) is 11.3 Å². The van der Waals surface area contributed by atoms with Crippen LogP contribution < -0.4 is 15.1 Å². The molecule has 6 heteroatoms. The summed E-state index contributed by atoms with van der Waals surface area (Å²) in [5, 5.41) is 12.4. The number of hydrogen-bond acceptors (Lipinski definition) is 3. The summed E-state index contributed by atoms with van der Waals surface area (Å²) in [6, 6.07) is 17.3. The van der Waals surface area contributed by atoms with Crippen molar-refractivity contribution in [3.63, 3.8) is 0 Å². The van der Waals surface area contributed by atoms with E-state index in [2.05, 4.69) is 28.4 Å². The lowest BCUT2D eigenvalue weighted by Gasteiger charge is -2.33. The molecule has 0 spiro atoms. The zero-order valence-electron chi connectivity index (χ0n) is 13.8. The van der Waals surface area contributed by atoms with Gasteiger partial charge in [0.15, 0.2) is 6.54 Å². The molecular formula is C19H20ClN4O+. The number of nitrogens with one attached hydrogen (secondary N) is 2. The molecule has 0 bridgehead atoms. The molecule has 5 nitrogen and oxygen atoms in total. The Balaban J connectivity index is 1.53. The van der Waals surface area contributed by atoms with Crippen LogP contribution in [0.4, 0.5) is 11.4 Å². The zero-order valence-corrected chi connectivity index (χ0v) is 14.6. The van der Waals surface area contributed by atoms with Crippen molar-refractivity contribution in [3.05, 3.63) is 59.1 Å². The number of quaternary nitrogens is 1. The summed E-state index contributed by atoms with van der Waals surface area (Å²) in [5.74, 6) is -0.0954. The maximum absolute atomic E-state index is 12.3. The number of hydrogen-bond donors (Lipinski definition) is 2. The molecule has 1 aliphatic heterocycles. The molecule has 2 aromatic rings. The predicted octanol–water partition coefficient (Wildman–Crippen LogP) is 1.56. The molecule has 0 aliphatic carbocycles. The van der Waals surface area contributed by atoms with Crippen molar-refractivity contribution in [2.75, 3.05) is 42.9 Å². The fourth-order valence-electron chi connectivity index (χ4n) is 3.04. The molecule has 128 valence electrons. The van der Waals surface area contributed by atoms with E-state index >= 15 is 0 Å². The first-order chi connectivity index (χ1) is 12.2. The van der Waals surface area contributed by atoms with Crippen molar-refractivity contribution in [2.45, 2.75) is 0 Å². The summed E-state index contributed by atoms with van der Waals surface area (Å²) in [6.07, 6.45) is 0. The first-order valence-electron chi connectivity index (χ1n) is 8.29. The molecule has 0 unspecified atom stereocenters. The molecule has 1 fully saturated rings. The van der Waals surface area contributed by atoms with Crippen LogP contribution in [-0.2, 0) is 4.79 Å². The van der Waals surface area contributed by atoms with Gasteiger partial charge in [-0.2, -0.15) is 5.26 Å². The van der Waals surface area contributed by atoms with Crippen molar-refractivity contribution in [1.82, 2.24) is 0 Å². The van der Waals surface area contributed by atoms with Gasteiger partial charge in [0.25, 0.3) is 5.91 Å². The summed E-state index contributed by atoms with van der Waals surface area (Å²) in [5.41, 5.74) is 2.12. The number of benzene rings is 2. The quantitative estimate of drug-likeness (QED) is 0.875. The van der Waals surface area contributed by atoms with Gasteiger partial charge in [0.1, 0.15) is 6.07 Å². The second kappa shape index (κ2) is 8.02. The molecule has 2 aromatic carbocycles. The number of carbonyl (C=O) groups is 1. The maximum Gasteiger partial charge on any atom is 0.279 e. The molecular weight excluding hydrogens is 336 g/mol. The van der Waals surface area contributed by atoms with E-state index in [4.69, 9.17) is 16.9 Å². The molecule has 1 amide bonds. The number of nitrogens with zero attached hydrogens (tertiary/aromatic N) is 2. The van der Waals surface area contributed by atoms with Crippen LogP contribution in [0.2, 0.25) is 5.02 Å². The third-order valence-corrected chi connectivity index (χ3v) is 4.61. The van der Waals surface area contributed by atoms with E-state index in [-0.39, 0.29) is 5.91 Å². The van der Waals surface area contributed by atoms with E-state index < -0.39 is 0 Å². The summed E-state index contributed by atoms with van der Waals surface area (Å²) < 4.78 is 0. The Morgan fingerprint density at radius 2 is 1.92 bits per heavy atom. The summed E-state index contributed by atoms with van der Waals surface area (Å²) >= 11 is 5.95. The Morgan fingerprint density at radius 1 is 1.20 bits per heavy atom. The van der Waals surface area contributed by atoms with Crippen LogP contribution in [0.5, 0.6) is 0 Å². The molecule has 0 atom stereocenters. The maximum atomic E-state index is 12.3. The summed E-state index contributed by atoms with van der Waals surface area (Å²) in [6.45, 7) is 4.05. The Bertz CT molecular complexity index is 780. The van der Waals surface area contributed by atoms with Gasteiger partial charge in [-0.15, -0.1) is 0 Å². The van der Waals surface area contributed by atoms with Gasteiger partial charge < -0.3 is 15.1 Å². The van der Waals surface area contributed by atoms with Crippen LogP contribution in [0.3, 0.4) is 0 Å². The minimum Gasteiger partial charge on any atom is -0.360 e. The Morgan fingerprint density at radius 3 is 2.60 bits per heavy atom. The molecule has 1 saturated heterocycles. The lowest BCUT2D eigenvalue weighted by atomic mass is 10.2. The van der Waals surface area contributed by atoms with Crippen molar-refractivity contribution >= 4 is 28.9 Å². The average Bonchev–Trinajstić information content (AvgIpc) is 2.63. The molecule has 0 saturated carbocycles. The van der Waals surface area contributed by atoms with Crippen molar-refractivity contribution in [3.8, 4) is 6.07 Å². The Kier molecular flexibility index (Phi) is 5.54. The average molecular weight is 356 g/mol. The highest BCUT2D eigenvalue weighted by Gasteiger charge is 2.22. The topological polar surface area (TPSA) is 60.6 Å². The minimum absolute atomic E-state index is 0.0954. The van der Waals surface area contributed by atoms with Crippen LogP contribution in [0.1, 0.15) is 5.56 Å². The molecule has 3 rings (SSSR count). The molecule has 0 radical (unpaired) electrons. The number of anilines is 2. The van der Waals surface area contributed by atoms with Gasteiger partial charge in [0.2, 0.25) is 0 Å². The van der Waals surface area contributed by atoms with Gasteiger partial charge in [0.05, 0.1) is 37.4 Å². The van der Waals surface area contributed by atoms with Crippen molar-refractivity contribution in [1.29, 1.82) is 5.26 Å². The van der Waals surface area contributed by atoms with Crippen LogP contribution in [0.15, 0.2) is 48.5 Å². The van der Waals surface area contributed by atoms with E-state index in [9.17, 15) is 4.79 Å². The number of rotatable bonds is 4. The monoisotopic (exact) mass is 355 g/mol. The van der Waals surface area contributed by atoms with Crippen molar-refractivity contribution < 1.29 is 9.69 Å². The lowest BCUT2D eigenvalue weighted by Crippen LogP contribution is -3.15. The fourth-order valence-corrected chi connectivity index (χ4v) is 3.21. The number of amides is 1. The van der Waals surface area contributed by atoms with E-state index in [0.29, 0.717) is 22.8 Å². The first kappa shape index (κ1) is 17.3. The summed E-state index contributed by atoms with van der Waals surface area (Å²) in [7, 11) is 0. The minimum atomic E-state index is -0.0954. The standard InChI is InChI=1S/C19H19ClN4O/c20-16-7-6-15(13-21)18(12-16)22-19(25)14-23-8-10-24(11-9-23)17-4-2-1-3-5-17/h1-7,12H,8-11,14H2,(H,22,25)/p+1. The van der Waals surface area contributed by atoms with Crippen LogP contribution in [-0.4, -0.2) is 38.6 Å². The number of halogens is 1. The molecule has 0 aromatic heterocycles. The normalized spacial score (nSPS) is 14.8. The van der Waals surface area contributed by atoms with Gasteiger partial charge in [-0.3, -0.25) is 4.79 Å². The van der Waals surface area contributed by atoms with Crippen LogP contribution >= 0.6 is 11.6 Å². The highest BCUT2D eigenvalue weighted by molar-refractivity contribution is 6.31. The molecule has 2 N–H and O–H groups in total. The van der Waals surface area contributed by atoms with Gasteiger partial charge in [-0.05, 0) is 30.3 Å². The van der Waals surface area contributed by atoms with E-state index in [1.54, 1.807) is 18.2 Å². The van der Waals surface area contributed by atoms with E-state index in [0.717, 1.165) is 26.2 Å². The second-order valence-electron chi connectivity index (χ2n) is 6.10. The Labute approximate surface area is 152 Å². The van der Waals surface area contributed by atoms with Gasteiger partial charge in [-0.1, -0.05) is 29.8 Å². The summed E-state index contributed by atoms with van der Waals surface area (Å²) in [4.78, 5) is 15.9.